The molecule has 2 heterocycles. The predicted octanol–water partition coefficient (Wildman–Crippen LogP) is 4.21. The number of allylic oxidation sites excluding steroid dienone is 2. The zero-order valence-corrected chi connectivity index (χ0v) is 13.0. The van der Waals surface area contributed by atoms with Crippen LogP contribution >= 0.6 is 11.8 Å². The number of H-pyrrole nitrogens is 1. The Morgan fingerprint density at radius 3 is 3.04 bits per heavy atom. The van der Waals surface area contributed by atoms with Gasteiger partial charge in [-0.2, -0.15) is 5.10 Å². The molecule has 23 heavy (non-hydrogen) atoms. The highest BCUT2D eigenvalue weighted by molar-refractivity contribution is 8.04. The lowest BCUT2D eigenvalue weighted by molar-refractivity contribution is 0.104. The highest BCUT2D eigenvalue weighted by Gasteiger charge is 2.25. The second-order valence-corrected chi connectivity index (χ2v) is 6.75. The minimum atomic E-state index is -0.0298. The summed E-state index contributed by atoms with van der Waals surface area (Å²) in [6, 6.07) is 12.7. The number of carbonyl (C=O) groups excluding carboxylic acids is 1. The molecular weight excluding hydrogens is 308 g/mol. The smallest absolute Gasteiger partial charge is 0.199 e. The molecule has 0 saturated carbocycles. The fraction of sp³-hybridized carbons (Fsp3) is 0.111. The van der Waals surface area contributed by atoms with E-state index in [0.29, 0.717) is 5.56 Å². The summed E-state index contributed by atoms with van der Waals surface area (Å²) >= 11 is 1.58. The van der Waals surface area contributed by atoms with Gasteiger partial charge < -0.3 is 5.11 Å². The number of rotatable bonds is 3. The normalized spacial score (nSPS) is 17.4. The van der Waals surface area contributed by atoms with E-state index in [2.05, 4.69) is 22.3 Å². The number of aromatic amines is 1. The maximum absolute atomic E-state index is 12.5. The zero-order chi connectivity index (χ0) is 15.8. The van der Waals surface area contributed by atoms with Crippen molar-refractivity contribution in [2.45, 2.75) is 11.7 Å². The van der Waals surface area contributed by atoms with Crippen LogP contribution in [-0.2, 0) is 0 Å². The first-order valence-electron chi connectivity index (χ1n) is 7.34. The molecule has 2 aromatic carbocycles. The van der Waals surface area contributed by atoms with Gasteiger partial charge in [-0.05, 0) is 36.2 Å². The van der Waals surface area contributed by atoms with E-state index in [9.17, 15) is 9.90 Å². The molecule has 1 aliphatic rings. The van der Waals surface area contributed by atoms with E-state index in [1.165, 1.54) is 11.6 Å². The van der Waals surface area contributed by atoms with E-state index >= 15 is 0 Å². The van der Waals surface area contributed by atoms with Crippen molar-refractivity contribution in [1.82, 2.24) is 10.2 Å². The fourth-order valence-electron chi connectivity index (χ4n) is 2.76. The van der Waals surface area contributed by atoms with E-state index in [0.717, 1.165) is 22.2 Å². The number of phenols is 1. The number of ketones is 1. The Balaban J connectivity index is 1.55. The third-order valence-corrected chi connectivity index (χ3v) is 5.31. The summed E-state index contributed by atoms with van der Waals surface area (Å²) in [7, 11) is 0. The number of hydrogen-bond donors (Lipinski definition) is 2. The average Bonchev–Trinajstić information content (AvgIpc) is 3.22. The van der Waals surface area contributed by atoms with Gasteiger partial charge in [-0.3, -0.25) is 9.89 Å². The van der Waals surface area contributed by atoms with Crippen LogP contribution in [0.5, 0.6) is 5.75 Å². The average molecular weight is 322 g/mol. The van der Waals surface area contributed by atoms with Gasteiger partial charge in [-0.25, -0.2) is 0 Å². The highest BCUT2D eigenvalue weighted by atomic mass is 32.2. The summed E-state index contributed by atoms with van der Waals surface area (Å²) in [4.78, 5) is 13.3. The van der Waals surface area contributed by atoms with Crippen molar-refractivity contribution >= 4 is 28.4 Å². The maximum Gasteiger partial charge on any atom is 0.199 e. The van der Waals surface area contributed by atoms with Crippen molar-refractivity contribution in [3.63, 3.8) is 0 Å². The summed E-state index contributed by atoms with van der Waals surface area (Å²) in [5, 5.41) is 17.8. The lowest BCUT2D eigenvalue weighted by Crippen LogP contribution is -1.99. The fourth-order valence-corrected chi connectivity index (χ4v) is 3.96. The first-order chi connectivity index (χ1) is 11.2. The lowest BCUT2D eigenvalue weighted by Gasteiger charge is -2.10. The Labute approximate surface area is 137 Å². The number of benzene rings is 2. The summed E-state index contributed by atoms with van der Waals surface area (Å²) in [5.41, 5.74) is 2.73. The molecule has 0 spiro atoms. The van der Waals surface area contributed by atoms with Crippen molar-refractivity contribution in [3.8, 4) is 5.75 Å². The van der Waals surface area contributed by atoms with Gasteiger partial charge in [0.15, 0.2) is 5.78 Å². The Hall–Kier alpha value is -2.53. The monoisotopic (exact) mass is 322 g/mol. The van der Waals surface area contributed by atoms with Gasteiger partial charge in [0, 0.05) is 16.2 Å². The summed E-state index contributed by atoms with van der Waals surface area (Å²) in [6.07, 6.45) is 4.62. The van der Waals surface area contributed by atoms with Crippen LogP contribution in [-0.4, -0.2) is 21.1 Å². The molecule has 0 radical (unpaired) electrons. The molecule has 2 N–H and O–H groups in total. The third kappa shape index (κ3) is 2.64. The molecule has 0 amide bonds. The van der Waals surface area contributed by atoms with Crippen molar-refractivity contribution in [2.24, 2.45) is 0 Å². The van der Waals surface area contributed by atoms with E-state index in [1.54, 1.807) is 30.0 Å². The zero-order valence-electron chi connectivity index (χ0n) is 12.2. The van der Waals surface area contributed by atoms with Crippen LogP contribution in [0.3, 0.4) is 0 Å². The van der Waals surface area contributed by atoms with Crippen molar-refractivity contribution in [3.05, 3.63) is 70.8 Å². The third-order valence-electron chi connectivity index (χ3n) is 3.95. The van der Waals surface area contributed by atoms with Gasteiger partial charge >= 0.3 is 0 Å². The van der Waals surface area contributed by atoms with Gasteiger partial charge in [0.1, 0.15) is 5.75 Å². The molecule has 0 saturated heterocycles. The lowest BCUT2D eigenvalue weighted by atomic mass is 10.1. The molecule has 0 aliphatic carbocycles. The number of aromatic hydroxyl groups is 1. The SMILES string of the molecule is O=C(C1=CCC(c2ccc3[nH]ncc3c2)S1)c1cccc(O)c1. The maximum atomic E-state index is 12.5. The number of hydrogen-bond acceptors (Lipinski definition) is 4. The van der Waals surface area contributed by atoms with E-state index in [4.69, 9.17) is 0 Å². The van der Waals surface area contributed by atoms with E-state index in [-0.39, 0.29) is 16.8 Å². The number of carbonyl (C=O) groups is 1. The number of aromatic nitrogens is 2. The van der Waals surface area contributed by atoms with Crippen molar-refractivity contribution in [2.75, 3.05) is 0 Å². The van der Waals surface area contributed by atoms with Gasteiger partial charge in [-0.15, -0.1) is 11.8 Å². The molecular formula is C18H14N2O2S. The van der Waals surface area contributed by atoms with Crippen LogP contribution in [0, 0.1) is 0 Å². The topological polar surface area (TPSA) is 66.0 Å². The Morgan fingerprint density at radius 2 is 2.17 bits per heavy atom. The molecule has 0 fully saturated rings. The first-order valence-corrected chi connectivity index (χ1v) is 8.22. The summed E-state index contributed by atoms with van der Waals surface area (Å²) in [5.74, 6) is 0.0826. The van der Waals surface area contributed by atoms with Crippen molar-refractivity contribution < 1.29 is 9.90 Å². The number of phenolic OH excluding ortho intramolecular Hbond substituents is 1. The highest BCUT2D eigenvalue weighted by Crippen LogP contribution is 2.45. The summed E-state index contributed by atoms with van der Waals surface area (Å²) < 4.78 is 0. The quantitative estimate of drug-likeness (QED) is 0.709. The Morgan fingerprint density at radius 1 is 1.26 bits per heavy atom. The Bertz CT molecular complexity index is 929. The molecule has 1 aromatic heterocycles. The summed E-state index contributed by atoms with van der Waals surface area (Å²) in [6.45, 7) is 0. The van der Waals surface area contributed by atoms with Crippen LogP contribution in [0.4, 0.5) is 0 Å². The molecule has 5 heteroatoms. The largest absolute Gasteiger partial charge is 0.508 e. The second-order valence-electron chi connectivity index (χ2n) is 5.51. The van der Waals surface area contributed by atoms with Gasteiger partial charge in [0.05, 0.1) is 16.6 Å². The van der Waals surface area contributed by atoms with Crippen LogP contribution in [0.15, 0.2) is 59.6 Å². The standard InChI is InChI=1S/C18H14N2O2S/c21-14-3-1-2-12(9-14)18(22)17-7-6-16(23-17)11-4-5-15-13(8-11)10-19-20-15/h1-5,7-10,16,21H,6H2,(H,19,20). The van der Waals surface area contributed by atoms with Crippen LogP contribution < -0.4 is 0 Å². The van der Waals surface area contributed by atoms with E-state index < -0.39 is 0 Å². The van der Waals surface area contributed by atoms with Gasteiger partial charge in [-0.1, -0.05) is 24.3 Å². The van der Waals surface area contributed by atoms with Gasteiger partial charge in [0.2, 0.25) is 0 Å². The van der Waals surface area contributed by atoms with Crippen molar-refractivity contribution in [1.29, 1.82) is 0 Å². The molecule has 4 nitrogen and oxygen atoms in total. The van der Waals surface area contributed by atoms with E-state index in [1.807, 2.05) is 18.3 Å². The molecule has 1 aliphatic heterocycles. The second kappa shape index (κ2) is 5.59. The number of fused-ring (bicyclic) bond motifs is 1. The van der Waals surface area contributed by atoms with Crippen LogP contribution in [0.2, 0.25) is 0 Å². The first kappa shape index (κ1) is 14.1. The minimum Gasteiger partial charge on any atom is -0.508 e. The van der Waals surface area contributed by atoms with Crippen LogP contribution in [0.25, 0.3) is 10.9 Å². The number of thioether (sulfide) groups is 1. The molecule has 3 aromatic rings. The molecule has 114 valence electrons. The molecule has 1 atom stereocenters. The molecule has 0 bridgehead atoms. The number of nitrogens with zero attached hydrogens (tertiary/aromatic N) is 1. The number of nitrogens with one attached hydrogen (secondary N) is 1. The Kier molecular flexibility index (Phi) is 3.42. The number of Topliss-reactive ketones (excluding diaryl/α,β-unsaturated/α-hetero) is 1. The van der Waals surface area contributed by atoms with Gasteiger partial charge in [0.25, 0.3) is 0 Å². The predicted molar refractivity (Wildman–Crippen MR) is 91.6 cm³/mol. The molecule has 1 unspecified atom stereocenters. The van der Waals surface area contributed by atoms with Crippen LogP contribution in [0.1, 0.15) is 27.6 Å². The minimum absolute atomic E-state index is 0.0298. The molecule has 4 rings (SSSR count).